The van der Waals surface area contributed by atoms with Crippen LogP contribution in [0.25, 0.3) is 0 Å². The van der Waals surface area contributed by atoms with Crippen LogP contribution in [0, 0.1) is 0 Å². The maximum Gasteiger partial charge on any atom is 0.303 e. The van der Waals surface area contributed by atoms with E-state index in [0.717, 1.165) is 0 Å². The van der Waals surface area contributed by atoms with Crippen molar-refractivity contribution < 1.29 is 34.0 Å². The molecule has 0 radical (unpaired) electrons. The third-order valence-electron chi connectivity index (χ3n) is 4.38. The Morgan fingerprint density at radius 1 is 1.18 bits per heavy atom. The number of hydrogen-bond donors (Lipinski definition) is 3. The van der Waals surface area contributed by atoms with E-state index in [-0.39, 0.29) is 11.6 Å². The second-order valence-electron chi connectivity index (χ2n) is 7.19. The third-order valence-corrected chi connectivity index (χ3v) is 8.88. The van der Waals surface area contributed by atoms with Crippen molar-refractivity contribution in [1.29, 1.82) is 0 Å². The van der Waals surface area contributed by atoms with E-state index >= 15 is 0 Å². The number of aliphatic hydroxyl groups is 3. The number of carbonyl (C=O) groups is 1. The van der Waals surface area contributed by atoms with Gasteiger partial charge in [0.15, 0.2) is 20.7 Å². The zero-order valence-electron chi connectivity index (χ0n) is 14.1. The summed E-state index contributed by atoms with van der Waals surface area (Å²) in [6, 6.07) is 0. The lowest BCUT2D eigenvalue weighted by Gasteiger charge is -2.42. The maximum atomic E-state index is 11.2. The van der Waals surface area contributed by atoms with E-state index in [1.54, 1.807) is 0 Å². The van der Waals surface area contributed by atoms with Gasteiger partial charge in [-0.05, 0) is 18.1 Å². The van der Waals surface area contributed by atoms with Crippen LogP contribution in [0.15, 0.2) is 0 Å². The quantitative estimate of drug-likeness (QED) is 0.503. The zero-order valence-corrected chi connectivity index (χ0v) is 15.1. The predicted octanol–water partition coefficient (Wildman–Crippen LogP) is 0.379. The molecule has 1 aliphatic rings. The van der Waals surface area contributed by atoms with Crippen molar-refractivity contribution >= 4 is 14.3 Å². The summed E-state index contributed by atoms with van der Waals surface area (Å²) < 4.78 is 16.3. The van der Waals surface area contributed by atoms with Crippen LogP contribution < -0.4 is 0 Å². The molecule has 1 saturated heterocycles. The average Bonchev–Trinajstić information content (AvgIpc) is 2.36. The molecule has 1 rings (SSSR count). The fourth-order valence-corrected chi connectivity index (χ4v) is 2.91. The van der Waals surface area contributed by atoms with Crippen LogP contribution in [0.1, 0.15) is 27.7 Å². The van der Waals surface area contributed by atoms with Crippen molar-refractivity contribution in [3.8, 4) is 0 Å². The van der Waals surface area contributed by atoms with E-state index in [9.17, 15) is 20.1 Å². The molecule has 7 nitrogen and oxygen atoms in total. The van der Waals surface area contributed by atoms with Gasteiger partial charge < -0.3 is 29.2 Å². The Labute approximate surface area is 132 Å². The molecule has 0 amide bonds. The highest BCUT2D eigenvalue weighted by Crippen LogP contribution is 2.37. The van der Waals surface area contributed by atoms with Crippen molar-refractivity contribution in [3.05, 3.63) is 0 Å². The lowest BCUT2D eigenvalue weighted by atomic mass is 9.99. The molecule has 0 aromatic rings. The Kier molecular flexibility index (Phi) is 6.16. The van der Waals surface area contributed by atoms with Crippen molar-refractivity contribution in [2.45, 2.75) is 76.5 Å². The highest BCUT2D eigenvalue weighted by molar-refractivity contribution is 6.74. The third kappa shape index (κ3) is 4.50. The van der Waals surface area contributed by atoms with Gasteiger partial charge in [0.1, 0.15) is 18.3 Å². The summed E-state index contributed by atoms with van der Waals surface area (Å²) in [5, 5.41) is 29.3. The van der Waals surface area contributed by atoms with E-state index in [4.69, 9.17) is 13.9 Å². The Morgan fingerprint density at radius 3 is 2.18 bits per heavy atom. The molecule has 3 N–H and O–H groups in total. The second kappa shape index (κ2) is 6.94. The van der Waals surface area contributed by atoms with E-state index in [2.05, 4.69) is 33.9 Å². The molecule has 1 heterocycles. The predicted molar refractivity (Wildman–Crippen MR) is 81.6 cm³/mol. The summed E-state index contributed by atoms with van der Waals surface area (Å²) in [5.41, 5.74) is 0. The first-order valence-corrected chi connectivity index (χ1v) is 10.3. The molecule has 0 aromatic heterocycles. The van der Waals surface area contributed by atoms with Crippen LogP contribution in [0.5, 0.6) is 0 Å². The van der Waals surface area contributed by atoms with Crippen LogP contribution in [0.4, 0.5) is 0 Å². The molecule has 0 aliphatic carbocycles. The standard InChI is InChI=1S/C14H28O7Si/c1-8(15)20-12-9(21-13(18)11(17)10(12)16)7-19-22(5,6)14(2,3)4/h9-13,16-18H,7H2,1-6H3/t9-,10-,11+,12-,13+/m1/s1. The molecule has 1 aliphatic heterocycles. The first-order valence-electron chi connectivity index (χ1n) is 7.37. The monoisotopic (exact) mass is 336 g/mol. The Bertz CT molecular complexity index is 393. The molecule has 8 heteroatoms. The van der Waals surface area contributed by atoms with Gasteiger partial charge in [-0.15, -0.1) is 0 Å². The SMILES string of the molecule is CC(=O)O[C@H]1[C@H](O)[C@H](O)[C@@H](O)O[C@@H]1CO[Si](C)(C)C(C)(C)C. The van der Waals surface area contributed by atoms with Gasteiger partial charge in [0.05, 0.1) is 6.61 Å². The number of carbonyl (C=O) groups excluding carboxylic acids is 1. The Balaban J connectivity index is 2.82. The summed E-state index contributed by atoms with van der Waals surface area (Å²) in [4.78, 5) is 11.2. The minimum absolute atomic E-state index is 0.0185. The van der Waals surface area contributed by atoms with Gasteiger partial charge in [-0.2, -0.15) is 0 Å². The summed E-state index contributed by atoms with van der Waals surface area (Å²) in [6.45, 7) is 11.6. The van der Waals surface area contributed by atoms with Crippen LogP contribution in [-0.2, 0) is 18.7 Å². The normalized spacial score (nSPS) is 33.6. The van der Waals surface area contributed by atoms with Crippen molar-refractivity contribution in [1.82, 2.24) is 0 Å². The van der Waals surface area contributed by atoms with Gasteiger partial charge in [0.2, 0.25) is 0 Å². The highest BCUT2D eigenvalue weighted by Gasteiger charge is 2.47. The molecule has 0 unspecified atom stereocenters. The zero-order chi connectivity index (χ0) is 17.3. The molecule has 0 bridgehead atoms. The van der Waals surface area contributed by atoms with E-state index in [1.807, 2.05) is 0 Å². The van der Waals surface area contributed by atoms with E-state index < -0.39 is 45.0 Å². The summed E-state index contributed by atoms with van der Waals surface area (Å²) >= 11 is 0. The van der Waals surface area contributed by atoms with E-state index in [1.165, 1.54) is 6.92 Å². The number of ether oxygens (including phenoxy) is 2. The smallest absolute Gasteiger partial charge is 0.303 e. The first kappa shape index (κ1) is 19.5. The first-order chi connectivity index (χ1) is 9.86. The van der Waals surface area contributed by atoms with E-state index in [0.29, 0.717) is 0 Å². The van der Waals surface area contributed by atoms with Crippen molar-refractivity contribution in [2.75, 3.05) is 6.61 Å². The molecular weight excluding hydrogens is 308 g/mol. The summed E-state index contributed by atoms with van der Waals surface area (Å²) in [7, 11) is -2.07. The van der Waals surface area contributed by atoms with Crippen molar-refractivity contribution in [2.24, 2.45) is 0 Å². The van der Waals surface area contributed by atoms with Gasteiger partial charge >= 0.3 is 5.97 Å². The molecule has 0 saturated carbocycles. The van der Waals surface area contributed by atoms with Gasteiger partial charge in [0.25, 0.3) is 0 Å². The van der Waals surface area contributed by atoms with Gasteiger partial charge in [-0.1, -0.05) is 20.8 Å². The summed E-state index contributed by atoms with van der Waals surface area (Å²) in [5.74, 6) is -0.603. The minimum atomic E-state index is -2.07. The maximum absolute atomic E-state index is 11.2. The van der Waals surface area contributed by atoms with Gasteiger partial charge in [-0.3, -0.25) is 4.79 Å². The summed E-state index contributed by atoms with van der Waals surface area (Å²) in [6.07, 6.45) is -6.43. The highest BCUT2D eigenvalue weighted by atomic mass is 28.4. The van der Waals surface area contributed by atoms with Gasteiger partial charge in [-0.25, -0.2) is 0 Å². The largest absolute Gasteiger partial charge is 0.457 e. The molecule has 5 atom stereocenters. The second-order valence-corrected chi connectivity index (χ2v) is 12.0. The number of aliphatic hydroxyl groups excluding tert-OH is 3. The minimum Gasteiger partial charge on any atom is -0.457 e. The average molecular weight is 336 g/mol. The van der Waals surface area contributed by atoms with Crippen LogP contribution >= 0.6 is 0 Å². The number of esters is 1. The molecule has 130 valence electrons. The van der Waals surface area contributed by atoms with Crippen LogP contribution in [-0.4, -0.2) is 66.9 Å². The molecule has 22 heavy (non-hydrogen) atoms. The van der Waals surface area contributed by atoms with Crippen molar-refractivity contribution in [3.63, 3.8) is 0 Å². The van der Waals surface area contributed by atoms with Crippen LogP contribution in [0.3, 0.4) is 0 Å². The lowest BCUT2D eigenvalue weighted by molar-refractivity contribution is -0.288. The number of rotatable bonds is 4. The fourth-order valence-electron chi connectivity index (χ4n) is 1.90. The molecule has 0 spiro atoms. The van der Waals surface area contributed by atoms with Crippen LogP contribution in [0.2, 0.25) is 18.1 Å². The lowest BCUT2D eigenvalue weighted by Crippen LogP contribution is -2.60. The topological polar surface area (TPSA) is 105 Å². The molecular formula is C14H28O7Si. The molecule has 0 aromatic carbocycles. The fraction of sp³-hybridized carbons (Fsp3) is 0.929. The Hall–Kier alpha value is -0.513. The molecule has 1 fully saturated rings. The number of hydrogen-bond acceptors (Lipinski definition) is 7. The Morgan fingerprint density at radius 2 is 1.73 bits per heavy atom. The van der Waals surface area contributed by atoms with Gasteiger partial charge in [0, 0.05) is 6.92 Å².